The second-order valence-electron chi connectivity index (χ2n) is 5.36. The fraction of sp³-hybridized carbons (Fsp3) is 0.385. The van der Waals surface area contributed by atoms with Crippen molar-refractivity contribution in [2.24, 2.45) is 5.41 Å². The molecule has 0 bridgehead atoms. The Morgan fingerprint density at radius 3 is 2.40 bits per heavy atom. The lowest BCUT2D eigenvalue weighted by Crippen LogP contribution is -2.50. The summed E-state index contributed by atoms with van der Waals surface area (Å²) in [7, 11) is 0. The van der Waals surface area contributed by atoms with Gasteiger partial charge in [0, 0.05) is 5.69 Å². The third-order valence-corrected chi connectivity index (χ3v) is 2.87. The van der Waals surface area contributed by atoms with Gasteiger partial charge < -0.3 is 15.7 Å². The Balaban J connectivity index is 2.76. The molecule has 3 N–H and O–H groups in total. The van der Waals surface area contributed by atoms with Crippen LogP contribution in [-0.2, 0) is 4.79 Å². The lowest BCUT2D eigenvalue weighted by Gasteiger charge is -2.27. The first-order valence-electron chi connectivity index (χ1n) is 5.86. The maximum atomic E-state index is 13.2. The second-order valence-corrected chi connectivity index (χ2v) is 5.77. The SMILES string of the molecule is CC(C)(C)C(NC(=O)Nc1ccc(Cl)c(F)c1)C(=O)O. The molecule has 0 spiro atoms. The van der Waals surface area contributed by atoms with Crippen LogP contribution < -0.4 is 10.6 Å². The summed E-state index contributed by atoms with van der Waals surface area (Å²) in [6, 6.07) is 1.96. The molecule has 0 aromatic heterocycles. The lowest BCUT2D eigenvalue weighted by atomic mass is 9.87. The predicted molar refractivity (Wildman–Crippen MR) is 74.4 cm³/mol. The van der Waals surface area contributed by atoms with E-state index in [1.165, 1.54) is 12.1 Å². The predicted octanol–water partition coefficient (Wildman–Crippen LogP) is 3.10. The fourth-order valence-electron chi connectivity index (χ4n) is 1.52. The summed E-state index contributed by atoms with van der Waals surface area (Å²) >= 11 is 5.52. The molecule has 1 aromatic carbocycles. The largest absolute Gasteiger partial charge is 0.480 e. The maximum absolute atomic E-state index is 13.2. The summed E-state index contributed by atoms with van der Waals surface area (Å²) in [5.74, 6) is -1.81. The highest BCUT2D eigenvalue weighted by molar-refractivity contribution is 6.30. The van der Waals surface area contributed by atoms with Crippen LogP contribution in [0.25, 0.3) is 0 Å². The highest BCUT2D eigenvalue weighted by Crippen LogP contribution is 2.21. The van der Waals surface area contributed by atoms with E-state index in [9.17, 15) is 14.0 Å². The number of hydrogen-bond donors (Lipinski definition) is 3. The number of hydrogen-bond acceptors (Lipinski definition) is 2. The number of carboxylic acid groups (broad SMARTS) is 1. The molecule has 2 amide bonds. The van der Waals surface area contributed by atoms with Gasteiger partial charge in [-0.3, -0.25) is 0 Å². The highest BCUT2D eigenvalue weighted by Gasteiger charge is 2.32. The molecule has 1 rings (SSSR count). The van der Waals surface area contributed by atoms with E-state index in [1.54, 1.807) is 20.8 Å². The standard InChI is InChI=1S/C13H16ClFN2O3/c1-13(2,3)10(11(18)19)17-12(20)16-7-4-5-8(14)9(15)6-7/h4-6,10H,1-3H3,(H,18,19)(H2,16,17,20). The first-order valence-corrected chi connectivity index (χ1v) is 6.24. The smallest absolute Gasteiger partial charge is 0.326 e. The number of urea groups is 1. The molecule has 0 radical (unpaired) electrons. The van der Waals surface area contributed by atoms with E-state index < -0.39 is 29.3 Å². The molecule has 0 saturated heterocycles. The Bertz CT molecular complexity index is 529. The van der Waals surface area contributed by atoms with Gasteiger partial charge in [-0.25, -0.2) is 14.0 Å². The van der Waals surface area contributed by atoms with Crippen LogP contribution in [0.2, 0.25) is 5.02 Å². The van der Waals surface area contributed by atoms with Crippen LogP contribution in [0.1, 0.15) is 20.8 Å². The normalized spacial score (nSPS) is 12.7. The van der Waals surface area contributed by atoms with Crippen molar-refractivity contribution in [3.05, 3.63) is 29.0 Å². The van der Waals surface area contributed by atoms with Gasteiger partial charge in [0.25, 0.3) is 0 Å². The molecule has 0 aliphatic heterocycles. The number of halogens is 2. The van der Waals surface area contributed by atoms with Crippen molar-refractivity contribution < 1.29 is 19.1 Å². The maximum Gasteiger partial charge on any atom is 0.326 e. The number of carbonyl (C=O) groups is 2. The zero-order valence-electron chi connectivity index (χ0n) is 11.3. The first kappa shape index (κ1) is 16.2. The van der Waals surface area contributed by atoms with Crippen LogP contribution in [0.5, 0.6) is 0 Å². The van der Waals surface area contributed by atoms with Crippen LogP contribution >= 0.6 is 11.6 Å². The number of nitrogens with one attached hydrogen (secondary N) is 2. The quantitative estimate of drug-likeness (QED) is 0.803. The molecule has 0 aliphatic carbocycles. The minimum atomic E-state index is -1.14. The third kappa shape index (κ3) is 4.38. The van der Waals surface area contributed by atoms with Crippen molar-refractivity contribution >= 4 is 29.3 Å². The Hall–Kier alpha value is -1.82. The van der Waals surface area contributed by atoms with Gasteiger partial charge in [0.15, 0.2) is 0 Å². The molecule has 1 aromatic rings. The topological polar surface area (TPSA) is 78.4 Å². The van der Waals surface area contributed by atoms with Gasteiger partial charge >= 0.3 is 12.0 Å². The van der Waals surface area contributed by atoms with Crippen molar-refractivity contribution in [1.82, 2.24) is 5.32 Å². The molecule has 0 saturated carbocycles. The lowest BCUT2D eigenvalue weighted by molar-refractivity contribution is -0.141. The van der Waals surface area contributed by atoms with Crippen LogP contribution in [0.4, 0.5) is 14.9 Å². The highest BCUT2D eigenvalue weighted by atomic mass is 35.5. The molecule has 7 heteroatoms. The van der Waals surface area contributed by atoms with Crippen molar-refractivity contribution in [3.63, 3.8) is 0 Å². The molecule has 0 fully saturated rings. The van der Waals surface area contributed by atoms with E-state index in [-0.39, 0.29) is 10.7 Å². The molecule has 5 nitrogen and oxygen atoms in total. The fourth-order valence-corrected chi connectivity index (χ4v) is 1.64. The molecule has 110 valence electrons. The van der Waals surface area contributed by atoms with Gasteiger partial charge in [0.1, 0.15) is 11.9 Å². The average molecular weight is 303 g/mol. The van der Waals surface area contributed by atoms with Gasteiger partial charge in [-0.1, -0.05) is 32.4 Å². The van der Waals surface area contributed by atoms with E-state index in [1.807, 2.05) is 0 Å². The summed E-state index contributed by atoms with van der Waals surface area (Å²) in [5, 5.41) is 13.7. The number of rotatable bonds is 3. The number of anilines is 1. The number of carbonyl (C=O) groups excluding carboxylic acids is 1. The van der Waals surface area contributed by atoms with E-state index in [0.717, 1.165) is 6.07 Å². The molecule has 1 atom stereocenters. The number of benzene rings is 1. The average Bonchev–Trinajstić information content (AvgIpc) is 2.29. The van der Waals surface area contributed by atoms with Crippen molar-refractivity contribution in [2.45, 2.75) is 26.8 Å². The van der Waals surface area contributed by atoms with E-state index in [0.29, 0.717) is 0 Å². The zero-order chi connectivity index (χ0) is 15.5. The molecule has 0 heterocycles. The zero-order valence-corrected chi connectivity index (χ0v) is 12.1. The van der Waals surface area contributed by atoms with Crippen LogP contribution in [0.3, 0.4) is 0 Å². The second kappa shape index (κ2) is 6.09. The number of aliphatic carboxylic acids is 1. The van der Waals surface area contributed by atoms with E-state index >= 15 is 0 Å². The molecular formula is C13H16ClFN2O3. The third-order valence-electron chi connectivity index (χ3n) is 2.57. The number of amides is 2. The van der Waals surface area contributed by atoms with Crippen molar-refractivity contribution in [3.8, 4) is 0 Å². The first-order chi connectivity index (χ1) is 9.11. The van der Waals surface area contributed by atoms with E-state index in [4.69, 9.17) is 16.7 Å². The Kier molecular flexibility index (Phi) is 4.94. The van der Waals surface area contributed by atoms with Crippen LogP contribution in [0, 0.1) is 11.2 Å². The summed E-state index contributed by atoms with van der Waals surface area (Å²) in [5.41, 5.74) is -0.475. The monoisotopic (exact) mass is 302 g/mol. The minimum absolute atomic E-state index is 0.0611. The Morgan fingerprint density at radius 2 is 1.95 bits per heavy atom. The summed E-state index contributed by atoms with van der Waals surface area (Å²) in [4.78, 5) is 22.8. The summed E-state index contributed by atoms with van der Waals surface area (Å²) in [6.07, 6.45) is 0. The molecule has 1 unspecified atom stereocenters. The summed E-state index contributed by atoms with van der Waals surface area (Å²) in [6.45, 7) is 5.07. The van der Waals surface area contributed by atoms with Crippen LogP contribution in [-0.4, -0.2) is 23.1 Å². The Labute approximate surface area is 121 Å². The Morgan fingerprint density at radius 1 is 1.35 bits per heavy atom. The van der Waals surface area contributed by atoms with Crippen LogP contribution in [0.15, 0.2) is 18.2 Å². The van der Waals surface area contributed by atoms with Crippen molar-refractivity contribution in [1.29, 1.82) is 0 Å². The van der Waals surface area contributed by atoms with Gasteiger partial charge in [-0.15, -0.1) is 0 Å². The van der Waals surface area contributed by atoms with Gasteiger partial charge in [0.05, 0.1) is 5.02 Å². The molecule has 20 heavy (non-hydrogen) atoms. The van der Waals surface area contributed by atoms with Gasteiger partial charge in [-0.2, -0.15) is 0 Å². The van der Waals surface area contributed by atoms with Gasteiger partial charge in [-0.05, 0) is 23.6 Å². The number of carboxylic acids is 1. The molecular weight excluding hydrogens is 287 g/mol. The summed E-state index contributed by atoms with van der Waals surface area (Å²) < 4.78 is 13.2. The van der Waals surface area contributed by atoms with Crippen molar-refractivity contribution in [2.75, 3.05) is 5.32 Å². The van der Waals surface area contributed by atoms with Gasteiger partial charge in [0.2, 0.25) is 0 Å². The minimum Gasteiger partial charge on any atom is -0.480 e. The molecule has 0 aliphatic rings. The van der Waals surface area contributed by atoms with E-state index in [2.05, 4.69) is 10.6 Å².